The van der Waals surface area contributed by atoms with Crippen LogP contribution < -0.4 is 21.4 Å². The second kappa shape index (κ2) is 6.80. The number of aryl methyl sites for hydroxylation is 1. The molecule has 0 bridgehead atoms. The highest BCUT2D eigenvalue weighted by atomic mass is 16.5. The highest BCUT2D eigenvalue weighted by Crippen LogP contribution is 2.52. The first-order valence-electron chi connectivity index (χ1n) is 9.32. The van der Waals surface area contributed by atoms with Crippen molar-refractivity contribution < 1.29 is 23.5 Å². The third-order valence-corrected chi connectivity index (χ3v) is 5.11. The molecule has 3 heterocycles. The van der Waals surface area contributed by atoms with Crippen LogP contribution in [0.25, 0.3) is 0 Å². The zero-order valence-corrected chi connectivity index (χ0v) is 16.0. The summed E-state index contributed by atoms with van der Waals surface area (Å²) in [6.07, 6.45) is 1.46. The van der Waals surface area contributed by atoms with Crippen LogP contribution in [-0.4, -0.2) is 18.5 Å². The van der Waals surface area contributed by atoms with Gasteiger partial charge in [0.1, 0.15) is 28.1 Å². The summed E-state index contributed by atoms with van der Waals surface area (Å²) in [7, 11) is 0. The van der Waals surface area contributed by atoms with Gasteiger partial charge in [-0.2, -0.15) is 0 Å². The highest BCUT2D eigenvalue weighted by Gasteiger charge is 2.60. The lowest BCUT2D eigenvalue weighted by Crippen LogP contribution is -2.48. The molecule has 2 aliphatic rings. The third kappa shape index (κ3) is 2.63. The molecule has 1 unspecified atom stereocenters. The number of carbonyl (C=O) groups is 2. The third-order valence-electron chi connectivity index (χ3n) is 5.11. The Morgan fingerprint density at radius 3 is 2.79 bits per heavy atom. The summed E-state index contributed by atoms with van der Waals surface area (Å²) >= 11 is 0. The molecular weight excluding hydrogens is 376 g/mol. The van der Waals surface area contributed by atoms with Crippen molar-refractivity contribution in [2.75, 3.05) is 11.9 Å². The van der Waals surface area contributed by atoms with Gasteiger partial charge >= 0.3 is 11.6 Å². The number of para-hydroxylation sites is 1. The van der Waals surface area contributed by atoms with E-state index >= 15 is 0 Å². The fraction of sp³-hybridized carbons (Fsp3) is 0.286. The topological polar surface area (TPSA) is 121 Å². The molecule has 1 amide bonds. The molecule has 0 fully saturated rings. The molecular formula is C21H20N2O6. The molecule has 1 aromatic heterocycles. The van der Waals surface area contributed by atoms with E-state index in [0.29, 0.717) is 17.7 Å². The Morgan fingerprint density at radius 1 is 1.28 bits per heavy atom. The number of hydrogen-bond acceptors (Lipinski definition) is 7. The van der Waals surface area contributed by atoms with Crippen LogP contribution in [0.4, 0.5) is 5.69 Å². The Hall–Kier alpha value is -3.55. The molecule has 8 nitrogen and oxygen atoms in total. The van der Waals surface area contributed by atoms with Crippen LogP contribution in [0.15, 0.2) is 51.0 Å². The average Bonchev–Trinajstić information content (AvgIpc) is 2.93. The van der Waals surface area contributed by atoms with Gasteiger partial charge in [0, 0.05) is 17.3 Å². The Balaban J connectivity index is 2.02. The largest absolute Gasteiger partial charge is 0.462 e. The maximum atomic E-state index is 13.4. The number of esters is 1. The molecule has 1 spiro atoms. The number of nitrogens with two attached hydrogens (primary N) is 1. The fourth-order valence-electron chi connectivity index (χ4n) is 3.87. The van der Waals surface area contributed by atoms with Crippen LogP contribution in [-0.2, 0) is 19.7 Å². The summed E-state index contributed by atoms with van der Waals surface area (Å²) in [4.78, 5) is 39.3. The smallest absolute Gasteiger partial charge is 0.344 e. The lowest BCUT2D eigenvalue weighted by molar-refractivity contribution is -0.141. The van der Waals surface area contributed by atoms with Gasteiger partial charge in [-0.1, -0.05) is 31.5 Å². The Kier molecular flexibility index (Phi) is 4.41. The molecule has 4 rings (SSSR count). The maximum absolute atomic E-state index is 13.4. The standard InChI is InChI=1S/C21H20N2O6/c1-3-4-9-27-18(24)16-17(22)29-14-10-11(2)28-19(25)15(14)21(16)12-7-5-6-8-13(12)23-20(21)26/h5-8,10H,3-4,9,22H2,1-2H3,(H,23,26). The van der Waals surface area contributed by atoms with Crippen molar-refractivity contribution in [1.29, 1.82) is 0 Å². The monoisotopic (exact) mass is 396 g/mol. The molecule has 2 aromatic rings. The van der Waals surface area contributed by atoms with Crippen LogP contribution in [0.2, 0.25) is 0 Å². The highest BCUT2D eigenvalue weighted by molar-refractivity contribution is 6.17. The number of anilines is 1. The average molecular weight is 396 g/mol. The van der Waals surface area contributed by atoms with Crippen LogP contribution in [0.1, 0.15) is 36.7 Å². The molecule has 1 aromatic carbocycles. The molecule has 0 radical (unpaired) electrons. The van der Waals surface area contributed by atoms with Crippen LogP contribution >= 0.6 is 0 Å². The fourth-order valence-corrected chi connectivity index (χ4v) is 3.87. The van der Waals surface area contributed by atoms with Crippen molar-refractivity contribution in [3.05, 3.63) is 69.1 Å². The second-order valence-electron chi connectivity index (χ2n) is 6.96. The van der Waals surface area contributed by atoms with Crippen LogP contribution in [0.3, 0.4) is 0 Å². The lowest BCUT2D eigenvalue weighted by Gasteiger charge is -2.34. The number of unbranched alkanes of at least 4 members (excludes halogenated alkanes) is 1. The van der Waals surface area contributed by atoms with Crippen LogP contribution in [0, 0.1) is 6.92 Å². The summed E-state index contributed by atoms with van der Waals surface area (Å²) in [6.45, 7) is 3.69. The Morgan fingerprint density at radius 2 is 2.03 bits per heavy atom. The predicted octanol–water partition coefficient (Wildman–Crippen LogP) is 2.09. The van der Waals surface area contributed by atoms with Crippen molar-refractivity contribution in [2.45, 2.75) is 32.1 Å². The van der Waals surface area contributed by atoms with E-state index in [2.05, 4.69) is 5.32 Å². The van der Waals surface area contributed by atoms with Gasteiger partial charge in [-0.15, -0.1) is 0 Å². The zero-order chi connectivity index (χ0) is 20.8. The first-order chi connectivity index (χ1) is 13.9. The lowest BCUT2D eigenvalue weighted by atomic mass is 9.69. The molecule has 2 aliphatic heterocycles. The van der Waals surface area contributed by atoms with Crippen molar-refractivity contribution in [2.24, 2.45) is 5.73 Å². The number of ether oxygens (including phenoxy) is 2. The minimum absolute atomic E-state index is 0.0770. The van der Waals surface area contributed by atoms with Crippen LogP contribution in [0.5, 0.6) is 5.75 Å². The van der Waals surface area contributed by atoms with Gasteiger partial charge in [-0.3, -0.25) is 4.79 Å². The van der Waals surface area contributed by atoms with E-state index in [9.17, 15) is 14.4 Å². The van der Waals surface area contributed by atoms with E-state index in [-0.39, 0.29) is 35.1 Å². The first-order valence-corrected chi connectivity index (χ1v) is 9.32. The molecule has 150 valence electrons. The second-order valence-corrected chi connectivity index (χ2v) is 6.96. The van der Waals surface area contributed by atoms with E-state index < -0.39 is 22.9 Å². The number of hydrogen-bond donors (Lipinski definition) is 2. The van der Waals surface area contributed by atoms with E-state index in [4.69, 9.17) is 19.6 Å². The molecule has 8 heteroatoms. The maximum Gasteiger partial charge on any atom is 0.344 e. The quantitative estimate of drug-likeness (QED) is 0.599. The SMILES string of the molecule is CCCCOC(=O)C1=C(N)Oc2cc(C)oc(=O)c2C12C(=O)Nc1ccccc12. The zero-order valence-electron chi connectivity index (χ0n) is 16.0. The minimum Gasteiger partial charge on any atom is -0.462 e. The number of carbonyl (C=O) groups excluding carboxylic acids is 2. The van der Waals surface area contributed by atoms with Crippen molar-refractivity contribution in [3.63, 3.8) is 0 Å². The molecule has 0 saturated carbocycles. The molecule has 0 aliphatic carbocycles. The molecule has 3 N–H and O–H groups in total. The van der Waals surface area contributed by atoms with Gasteiger partial charge < -0.3 is 24.9 Å². The Labute approximate surface area is 166 Å². The van der Waals surface area contributed by atoms with E-state index in [0.717, 1.165) is 6.42 Å². The predicted molar refractivity (Wildman–Crippen MR) is 103 cm³/mol. The number of fused-ring (bicyclic) bond motifs is 4. The van der Waals surface area contributed by atoms with Gasteiger partial charge in [0.15, 0.2) is 0 Å². The number of nitrogens with one attached hydrogen (secondary N) is 1. The number of benzene rings is 1. The van der Waals surface area contributed by atoms with Crippen molar-refractivity contribution >= 4 is 17.6 Å². The molecule has 29 heavy (non-hydrogen) atoms. The van der Waals surface area contributed by atoms with Crippen molar-refractivity contribution in [3.8, 4) is 5.75 Å². The van der Waals surface area contributed by atoms with Gasteiger partial charge in [0.25, 0.3) is 0 Å². The summed E-state index contributed by atoms with van der Waals surface area (Å²) in [6, 6.07) is 8.26. The van der Waals surface area contributed by atoms with E-state index in [1.165, 1.54) is 6.07 Å². The normalized spacial score (nSPS) is 19.4. The molecule has 1 atom stereocenters. The van der Waals surface area contributed by atoms with E-state index in [1.807, 2.05) is 6.92 Å². The molecule has 0 saturated heterocycles. The first kappa shape index (κ1) is 18.8. The number of amides is 1. The Bertz CT molecular complexity index is 1120. The van der Waals surface area contributed by atoms with Gasteiger partial charge in [0.2, 0.25) is 11.8 Å². The summed E-state index contributed by atoms with van der Waals surface area (Å²) in [5, 5.41) is 2.74. The summed E-state index contributed by atoms with van der Waals surface area (Å²) < 4.78 is 16.2. The summed E-state index contributed by atoms with van der Waals surface area (Å²) in [5.41, 5.74) is 4.09. The minimum atomic E-state index is -1.81. The summed E-state index contributed by atoms with van der Waals surface area (Å²) in [5.74, 6) is -1.32. The van der Waals surface area contributed by atoms with Gasteiger partial charge in [-0.05, 0) is 19.4 Å². The van der Waals surface area contributed by atoms with E-state index in [1.54, 1.807) is 31.2 Å². The van der Waals surface area contributed by atoms with Crippen molar-refractivity contribution in [1.82, 2.24) is 0 Å². The van der Waals surface area contributed by atoms with Gasteiger partial charge in [-0.25, -0.2) is 9.59 Å². The number of rotatable bonds is 4. The van der Waals surface area contributed by atoms with Gasteiger partial charge in [0.05, 0.1) is 6.61 Å².